The van der Waals surface area contributed by atoms with Crippen LogP contribution in [0.2, 0.25) is 0 Å². The average molecular weight is 401 g/mol. The maximum atomic E-state index is 5.62. The summed E-state index contributed by atoms with van der Waals surface area (Å²) < 4.78 is 18.2. The molecule has 2 aliphatic heterocycles. The maximum Gasteiger partial charge on any atom is 0.197 e. The summed E-state index contributed by atoms with van der Waals surface area (Å²) in [4.78, 5) is 8.96. The zero-order valence-corrected chi connectivity index (χ0v) is 16.4. The van der Waals surface area contributed by atoms with Crippen LogP contribution in [0.15, 0.2) is 70.1 Å². The molecule has 150 valence electrons. The highest BCUT2D eigenvalue weighted by Gasteiger charge is 2.16. The highest BCUT2D eigenvalue weighted by atomic mass is 16.5. The van der Waals surface area contributed by atoms with E-state index < -0.39 is 0 Å². The maximum absolute atomic E-state index is 5.62. The van der Waals surface area contributed by atoms with Crippen LogP contribution in [-0.2, 0) is 6.54 Å². The Morgan fingerprint density at radius 3 is 2.70 bits per heavy atom. The summed E-state index contributed by atoms with van der Waals surface area (Å²) in [5.74, 6) is 2.72. The first kappa shape index (κ1) is 18.1. The van der Waals surface area contributed by atoms with Crippen molar-refractivity contribution in [3.63, 3.8) is 0 Å². The smallest absolute Gasteiger partial charge is 0.197 e. The number of fused-ring (bicyclic) bond motifs is 1. The van der Waals surface area contributed by atoms with Crippen molar-refractivity contribution in [2.45, 2.75) is 19.9 Å². The summed E-state index contributed by atoms with van der Waals surface area (Å²) in [7, 11) is 0. The molecule has 30 heavy (non-hydrogen) atoms. The zero-order chi connectivity index (χ0) is 20.3. The predicted octanol–water partition coefficient (Wildman–Crippen LogP) is 4.53. The fourth-order valence-corrected chi connectivity index (χ4v) is 3.09. The van der Waals surface area contributed by atoms with Gasteiger partial charge in [0.25, 0.3) is 0 Å². The van der Waals surface area contributed by atoms with E-state index in [0.717, 1.165) is 29.1 Å². The Hall–Kier alpha value is -3.94. The van der Waals surface area contributed by atoms with E-state index in [4.69, 9.17) is 13.7 Å². The van der Waals surface area contributed by atoms with Gasteiger partial charge in [-0.3, -0.25) is 4.68 Å². The molecule has 0 saturated heterocycles. The SMILES string of the molecule is CCCOc1ccc(-c2cc(Cn3cc4nc(-c5ccco5)nc-4cn3)on2)cc1. The normalized spacial score (nSPS) is 11.2. The monoisotopic (exact) mass is 401 g/mol. The molecule has 0 atom stereocenters. The number of hydrogen-bond acceptors (Lipinski definition) is 7. The van der Waals surface area contributed by atoms with E-state index in [1.165, 1.54) is 0 Å². The minimum absolute atomic E-state index is 0.434. The van der Waals surface area contributed by atoms with Gasteiger partial charge in [-0.25, -0.2) is 9.97 Å². The Morgan fingerprint density at radius 1 is 1.03 bits per heavy atom. The van der Waals surface area contributed by atoms with Gasteiger partial charge in [-0.15, -0.1) is 0 Å². The molecule has 8 nitrogen and oxygen atoms in total. The third-order valence-corrected chi connectivity index (χ3v) is 4.56. The van der Waals surface area contributed by atoms with Gasteiger partial charge in [-0.05, 0) is 42.8 Å². The number of rotatable bonds is 7. The van der Waals surface area contributed by atoms with Gasteiger partial charge in [0.15, 0.2) is 17.3 Å². The first-order valence-electron chi connectivity index (χ1n) is 9.71. The van der Waals surface area contributed by atoms with E-state index in [1.54, 1.807) is 17.1 Å². The number of aromatic nitrogens is 5. The van der Waals surface area contributed by atoms with Crippen LogP contribution >= 0.6 is 0 Å². The number of imidazole rings is 1. The largest absolute Gasteiger partial charge is 0.494 e. The van der Waals surface area contributed by atoms with Gasteiger partial charge in [0, 0.05) is 11.6 Å². The van der Waals surface area contributed by atoms with Crippen molar-refractivity contribution in [2.24, 2.45) is 0 Å². The lowest BCUT2D eigenvalue weighted by Gasteiger charge is -2.04. The summed E-state index contributed by atoms with van der Waals surface area (Å²) >= 11 is 0. The van der Waals surface area contributed by atoms with Gasteiger partial charge in [0.05, 0.1) is 25.3 Å². The van der Waals surface area contributed by atoms with Crippen molar-refractivity contribution in [1.29, 1.82) is 0 Å². The molecule has 5 rings (SSSR count). The molecule has 1 aromatic carbocycles. The fraction of sp³-hybridized carbons (Fsp3) is 0.182. The van der Waals surface area contributed by atoms with Crippen molar-refractivity contribution >= 4 is 0 Å². The number of ether oxygens (including phenoxy) is 1. The first-order valence-corrected chi connectivity index (χ1v) is 9.71. The molecular weight excluding hydrogens is 382 g/mol. The van der Waals surface area contributed by atoms with Crippen LogP contribution in [0.25, 0.3) is 34.2 Å². The number of nitrogens with zero attached hydrogens (tertiary/aromatic N) is 5. The third-order valence-electron chi connectivity index (χ3n) is 4.56. The number of benzene rings is 1. The average Bonchev–Trinajstić information content (AvgIpc) is 3.52. The van der Waals surface area contributed by atoms with Crippen molar-refractivity contribution in [1.82, 2.24) is 24.9 Å². The number of furan rings is 1. The molecule has 0 amide bonds. The Kier molecular flexibility index (Phi) is 4.72. The standard InChI is InChI=1S/C22H19N5O3/c1-2-9-28-16-7-5-15(6-8-16)18-11-17(30-26-18)13-27-14-20-19(12-23-27)24-22(25-20)21-4-3-10-29-21/h3-8,10-12,14H,2,9,13H2,1H3. The highest BCUT2D eigenvalue weighted by molar-refractivity contribution is 5.62. The van der Waals surface area contributed by atoms with Gasteiger partial charge in [0.2, 0.25) is 0 Å². The van der Waals surface area contributed by atoms with Crippen molar-refractivity contribution < 1.29 is 13.7 Å². The lowest BCUT2D eigenvalue weighted by Crippen LogP contribution is -2.04. The van der Waals surface area contributed by atoms with Crippen LogP contribution in [0.1, 0.15) is 19.1 Å². The van der Waals surface area contributed by atoms with Crippen LogP contribution in [0.5, 0.6) is 5.75 Å². The molecule has 2 aromatic heterocycles. The van der Waals surface area contributed by atoms with Gasteiger partial charge in [-0.1, -0.05) is 12.1 Å². The summed E-state index contributed by atoms with van der Waals surface area (Å²) in [6.07, 6.45) is 6.09. The van der Waals surface area contributed by atoms with Gasteiger partial charge in [0.1, 0.15) is 29.4 Å². The molecule has 8 heteroatoms. The summed E-state index contributed by atoms with van der Waals surface area (Å²) in [6.45, 7) is 3.22. The molecule has 0 saturated carbocycles. The first-order chi connectivity index (χ1) is 14.8. The molecule has 0 spiro atoms. The topological polar surface area (TPSA) is 92.0 Å². The van der Waals surface area contributed by atoms with E-state index in [1.807, 2.05) is 48.7 Å². The second-order valence-electron chi connectivity index (χ2n) is 6.82. The van der Waals surface area contributed by atoms with Crippen molar-refractivity contribution in [3.05, 3.63) is 66.9 Å². The lowest BCUT2D eigenvalue weighted by atomic mass is 10.1. The molecule has 3 aromatic rings. The Bertz CT molecular complexity index is 1210. The van der Waals surface area contributed by atoms with Crippen LogP contribution < -0.4 is 4.74 Å². The fourth-order valence-electron chi connectivity index (χ4n) is 3.09. The van der Waals surface area contributed by atoms with E-state index in [-0.39, 0.29) is 0 Å². The van der Waals surface area contributed by atoms with E-state index in [0.29, 0.717) is 36.2 Å². The van der Waals surface area contributed by atoms with E-state index in [9.17, 15) is 0 Å². The summed E-state index contributed by atoms with van der Waals surface area (Å²) in [5.41, 5.74) is 3.18. The van der Waals surface area contributed by atoms with Gasteiger partial charge >= 0.3 is 0 Å². The van der Waals surface area contributed by atoms with E-state index >= 15 is 0 Å². The number of hydrogen-bond donors (Lipinski definition) is 0. The van der Waals surface area contributed by atoms with Crippen molar-refractivity contribution in [2.75, 3.05) is 6.61 Å². The Morgan fingerprint density at radius 2 is 1.90 bits per heavy atom. The quantitative estimate of drug-likeness (QED) is 0.395. The van der Waals surface area contributed by atoms with Crippen LogP contribution in [0, 0.1) is 0 Å². The molecular formula is C22H19N5O3. The summed E-state index contributed by atoms with van der Waals surface area (Å²) in [6, 6.07) is 13.4. The predicted molar refractivity (Wildman–Crippen MR) is 109 cm³/mol. The molecule has 0 unspecified atom stereocenters. The van der Waals surface area contributed by atoms with Crippen LogP contribution in [0.3, 0.4) is 0 Å². The van der Waals surface area contributed by atoms with Crippen LogP contribution in [0.4, 0.5) is 0 Å². The lowest BCUT2D eigenvalue weighted by molar-refractivity contribution is 0.317. The van der Waals surface area contributed by atoms with Gasteiger partial charge in [-0.2, -0.15) is 5.10 Å². The second kappa shape index (κ2) is 7.82. The Balaban J connectivity index is 1.32. The third kappa shape index (κ3) is 3.67. The van der Waals surface area contributed by atoms with Crippen LogP contribution in [-0.4, -0.2) is 31.5 Å². The second-order valence-corrected chi connectivity index (χ2v) is 6.82. The molecule has 4 heterocycles. The van der Waals surface area contributed by atoms with Crippen molar-refractivity contribution in [3.8, 4) is 40.0 Å². The summed E-state index contributed by atoms with van der Waals surface area (Å²) in [5, 5.41) is 8.58. The molecule has 0 radical (unpaired) electrons. The molecule has 0 fully saturated rings. The molecule has 0 aliphatic carbocycles. The molecule has 0 N–H and O–H groups in total. The van der Waals surface area contributed by atoms with Gasteiger partial charge < -0.3 is 13.7 Å². The minimum atomic E-state index is 0.434. The minimum Gasteiger partial charge on any atom is -0.494 e. The van der Waals surface area contributed by atoms with E-state index in [2.05, 4.69) is 27.1 Å². The highest BCUT2D eigenvalue weighted by Crippen LogP contribution is 2.25. The Labute approximate surface area is 172 Å². The zero-order valence-electron chi connectivity index (χ0n) is 16.4. The molecule has 2 aliphatic rings. The molecule has 0 bridgehead atoms.